The molecular formula is C21H23N3O3. The van der Waals surface area contributed by atoms with Crippen molar-refractivity contribution in [2.24, 2.45) is 5.92 Å². The Balaban J connectivity index is 1.52. The van der Waals surface area contributed by atoms with Crippen LogP contribution in [0.3, 0.4) is 0 Å². The van der Waals surface area contributed by atoms with Gasteiger partial charge in [0.1, 0.15) is 12.4 Å². The first kappa shape index (κ1) is 17.7. The van der Waals surface area contributed by atoms with E-state index in [2.05, 4.69) is 27.4 Å². The predicted octanol–water partition coefficient (Wildman–Crippen LogP) is 2.17. The molecule has 4 N–H and O–H groups in total. The molecule has 0 radical (unpaired) electrons. The zero-order valence-electron chi connectivity index (χ0n) is 14.9. The monoisotopic (exact) mass is 365 g/mol. The molecule has 27 heavy (non-hydrogen) atoms. The van der Waals surface area contributed by atoms with Crippen molar-refractivity contribution in [3.05, 3.63) is 65.5 Å². The zero-order chi connectivity index (χ0) is 18.8. The number of aliphatic hydroxyl groups is 2. The third-order valence-corrected chi connectivity index (χ3v) is 5.28. The molecule has 0 saturated heterocycles. The predicted molar refractivity (Wildman–Crippen MR) is 102 cm³/mol. The first-order valence-electron chi connectivity index (χ1n) is 9.24. The Kier molecular flexibility index (Phi) is 4.92. The SMILES string of the molecule is O=C(N[C@@H](Cc1ccccc1)C1CC(O)C1)c1ccc2nc(CO)[nH]c2c1. The highest BCUT2D eigenvalue weighted by atomic mass is 16.3. The molecule has 1 saturated carbocycles. The summed E-state index contributed by atoms with van der Waals surface area (Å²) in [5.74, 6) is 0.619. The smallest absolute Gasteiger partial charge is 0.251 e. The van der Waals surface area contributed by atoms with Gasteiger partial charge >= 0.3 is 0 Å². The molecular weight excluding hydrogens is 342 g/mol. The topological polar surface area (TPSA) is 98.2 Å². The lowest BCUT2D eigenvalue weighted by molar-refractivity contribution is 0.0239. The van der Waals surface area contributed by atoms with Crippen LogP contribution in [0.15, 0.2) is 48.5 Å². The fraction of sp³-hybridized carbons (Fsp3) is 0.333. The van der Waals surface area contributed by atoms with Crippen LogP contribution in [0.2, 0.25) is 0 Å². The molecule has 1 atom stereocenters. The number of nitrogens with zero attached hydrogens (tertiary/aromatic N) is 1. The molecule has 4 rings (SSSR count). The second-order valence-electron chi connectivity index (χ2n) is 7.23. The molecule has 3 aromatic rings. The number of aromatic nitrogens is 2. The second-order valence-corrected chi connectivity index (χ2v) is 7.23. The van der Waals surface area contributed by atoms with Gasteiger partial charge in [0.2, 0.25) is 0 Å². The minimum absolute atomic E-state index is 0.0197. The number of hydrogen-bond donors (Lipinski definition) is 4. The number of amides is 1. The molecule has 0 bridgehead atoms. The van der Waals surface area contributed by atoms with E-state index < -0.39 is 0 Å². The van der Waals surface area contributed by atoms with Crippen LogP contribution < -0.4 is 5.32 Å². The van der Waals surface area contributed by atoms with Crippen molar-refractivity contribution in [3.8, 4) is 0 Å². The molecule has 140 valence electrons. The Bertz CT molecular complexity index is 932. The Morgan fingerprint density at radius 3 is 2.70 bits per heavy atom. The average Bonchev–Trinajstić information content (AvgIpc) is 3.08. The van der Waals surface area contributed by atoms with Gasteiger partial charge in [0.05, 0.1) is 17.1 Å². The summed E-state index contributed by atoms with van der Waals surface area (Å²) < 4.78 is 0. The Hall–Kier alpha value is -2.70. The lowest BCUT2D eigenvalue weighted by Crippen LogP contribution is -2.48. The maximum absolute atomic E-state index is 12.8. The molecule has 1 amide bonds. The number of imidazole rings is 1. The number of benzene rings is 2. The number of hydrogen-bond acceptors (Lipinski definition) is 4. The van der Waals surface area contributed by atoms with Crippen LogP contribution in [0.4, 0.5) is 0 Å². The van der Waals surface area contributed by atoms with Crippen LogP contribution in [0.5, 0.6) is 0 Å². The van der Waals surface area contributed by atoms with E-state index in [1.54, 1.807) is 18.2 Å². The zero-order valence-corrected chi connectivity index (χ0v) is 14.9. The molecule has 6 nitrogen and oxygen atoms in total. The number of fused-ring (bicyclic) bond motifs is 1. The number of aromatic amines is 1. The van der Waals surface area contributed by atoms with Gasteiger partial charge in [-0.25, -0.2) is 4.98 Å². The van der Waals surface area contributed by atoms with Crippen molar-refractivity contribution >= 4 is 16.9 Å². The van der Waals surface area contributed by atoms with E-state index in [0.717, 1.165) is 30.3 Å². The fourth-order valence-corrected chi connectivity index (χ4v) is 3.69. The third kappa shape index (κ3) is 3.86. The first-order chi connectivity index (χ1) is 13.1. The van der Waals surface area contributed by atoms with Crippen molar-refractivity contribution in [1.82, 2.24) is 15.3 Å². The maximum atomic E-state index is 12.8. The van der Waals surface area contributed by atoms with Crippen molar-refractivity contribution in [2.45, 2.75) is 38.0 Å². The summed E-state index contributed by atoms with van der Waals surface area (Å²) in [7, 11) is 0. The van der Waals surface area contributed by atoms with Gasteiger partial charge in [-0.1, -0.05) is 30.3 Å². The van der Waals surface area contributed by atoms with Crippen LogP contribution in [0.25, 0.3) is 11.0 Å². The molecule has 1 aromatic heterocycles. The number of carbonyl (C=O) groups is 1. The molecule has 0 unspecified atom stereocenters. The molecule has 2 aromatic carbocycles. The van der Waals surface area contributed by atoms with Gasteiger partial charge in [0, 0.05) is 11.6 Å². The Morgan fingerprint density at radius 1 is 1.22 bits per heavy atom. The molecule has 1 fully saturated rings. The van der Waals surface area contributed by atoms with Gasteiger partial charge in [-0.2, -0.15) is 0 Å². The average molecular weight is 365 g/mol. The largest absolute Gasteiger partial charge is 0.393 e. The summed E-state index contributed by atoms with van der Waals surface area (Å²) in [4.78, 5) is 20.1. The normalized spacial score (nSPS) is 20.2. The summed E-state index contributed by atoms with van der Waals surface area (Å²) in [6, 6.07) is 15.3. The minimum atomic E-state index is -0.261. The number of rotatable bonds is 6. The molecule has 1 heterocycles. The van der Waals surface area contributed by atoms with Crippen LogP contribution in [0, 0.1) is 5.92 Å². The third-order valence-electron chi connectivity index (χ3n) is 5.28. The highest BCUT2D eigenvalue weighted by molar-refractivity contribution is 5.97. The van der Waals surface area contributed by atoms with Gasteiger partial charge < -0.3 is 20.5 Å². The number of H-pyrrole nitrogens is 1. The number of carbonyl (C=O) groups excluding carboxylic acids is 1. The van der Waals surface area contributed by atoms with E-state index in [1.807, 2.05) is 18.2 Å². The van der Waals surface area contributed by atoms with Gasteiger partial charge in [-0.05, 0) is 48.9 Å². The molecule has 1 aliphatic rings. The van der Waals surface area contributed by atoms with Gasteiger partial charge in [-0.15, -0.1) is 0 Å². The van der Waals surface area contributed by atoms with Gasteiger partial charge in [0.25, 0.3) is 5.91 Å². The summed E-state index contributed by atoms with van der Waals surface area (Å²) in [5, 5.41) is 22.0. The van der Waals surface area contributed by atoms with E-state index in [0.29, 0.717) is 11.4 Å². The van der Waals surface area contributed by atoms with Gasteiger partial charge in [0.15, 0.2) is 0 Å². The Labute approximate surface area is 157 Å². The molecule has 0 aliphatic heterocycles. The van der Waals surface area contributed by atoms with E-state index in [-0.39, 0.29) is 30.6 Å². The summed E-state index contributed by atoms with van der Waals surface area (Å²) in [5.41, 5.74) is 3.17. The van der Waals surface area contributed by atoms with Crippen molar-refractivity contribution in [2.75, 3.05) is 0 Å². The summed E-state index contributed by atoms with van der Waals surface area (Å²) in [6.07, 6.45) is 1.92. The highest BCUT2D eigenvalue weighted by Gasteiger charge is 2.34. The lowest BCUT2D eigenvalue weighted by atomic mass is 9.75. The summed E-state index contributed by atoms with van der Waals surface area (Å²) >= 11 is 0. The first-order valence-corrected chi connectivity index (χ1v) is 9.24. The maximum Gasteiger partial charge on any atom is 0.251 e. The molecule has 6 heteroatoms. The van der Waals surface area contributed by atoms with Crippen molar-refractivity contribution in [3.63, 3.8) is 0 Å². The van der Waals surface area contributed by atoms with Crippen molar-refractivity contribution < 1.29 is 15.0 Å². The second kappa shape index (κ2) is 7.50. The van der Waals surface area contributed by atoms with E-state index >= 15 is 0 Å². The standard InChI is InChI=1S/C21H23N3O3/c25-12-20-22-17-7-6-14(11-19(17)23-20)21(27)24-18(15-9-16(26)10-15)8-13-4-2-1-3-5-13/h1-7,11,15-16,18,25-26H,8-10,12H2,(H,22,23)(H,24,27)/t15?,16?,18-/m0/s1. The van der Waals surface area contributed by atoms with Crippen LogP contribution >= 0.6 is 0 Å². The van der Waals surface area contributed by atoms with Crippen molar-refractivity contribution in [1.29, 1.82) is 0 Å². The Morgan fingerprint density at radius 2 is 2.00 bits per heavy atom. The van der Waals surface area contributed by atoms with E-state index in [4.69, 9.17) is 0 Å². The quantitative estimate of drug-likeness (QED) is 0.538. The van der Waals surface area contributed by atoms with Crippen LogP contribution in [-0.4, -0.2) is 38.2 Å². The minimum Gasteiger partial charge on any atom is -0.393 e. The van der Waals surface area contributed by atoms with E-state index in [9.17, 15) is 15.0 Å². The van der Waals surface area contributed by atoms with Crippen LogP contribution in [0.1, 0.15) is 34.6 Å². The summed E-state index contributed by atoms with van der Waals surface area (Å²) in [6.45, 7) is -0.167. The van der Waals surface area contributed by atoms with Gasteiger partial charge in [-0.3, -0.25) is 4.79 Å². The molecule has 1 aliphatic carbocycles. The highest BCUT2D eigenvalue weighted by Crippen LogP contribution is 2.32. The lowest BCUT2D eigenvalue weighted by Gasteiger charge is -2.38. The van der Waals surface area contributed by atoms with E-state index in [1.165, 1.54) is 5.56 Å². The van der Waals surface area contributed by atoms with Crippen LogP contribution in [-0.2, 0) is 13.0 Å². The fourth-order valence-electron chi connectivity index (χ4n) is 3.69. The number of aliphatic hydroxyl groups excluding tert-OH is 2. The number of nitrogens with one attached hydrogen (secondary N) is 2. The molecule has 0 spiro atoms.